The lowest BCUT2D eigenvalue weighted by atomic mass is 9.68. The van der Waals surface area contributed by atoms with Crippen molar-refractivity contribution in [3.63, 3.8) is 0 Å². The number of ether oxygens (including phenoxy) is 1. The van der Waals surface area contributed by atoms with Crippen LogP contribution in [0.4, 0.5) is 5.69 Å². The van der Waals surface area contributed by atoms with Gasteiger partial charge in [0.2, 0.25) is 0 Å². The summed E-state index contributed by atoms with van der Waals surface area (Å²) in [5.74, 6) is 0.790. The molecule has 0 amide bonds. The molecule has 30 heavy (non-hydrogen) atoms. The van der Waals surface area contributed by atoms with Gasteiger partial charge < -0.3 is 15.0 Å². The zero-order valence-electron chi connectivity index (χ0n) is 17.6. The van der Waals surface area contributed by atoms with E-state index >= 15 is 0 Å². The van der Waals surface area contributed by atoms with E-state index in [4.69, 9.17) is 4.74 Å². The smallest absolute Gasteiger partial charge is 0.127 e. The van der Waals surface area contributed by atoms with E-state index in [0.717, 1.165) is 12.2 Å². The van der Waals surface area contributed by atoms with Crippen LogP contribution in [0.2, 0.25) is 0 Å². The topological polar surface area (TPSA) is 24.5 Å². The van der Waals surface area contributed by atoms with Crippen molar-refractivity contribution < 1.29 is 4.74 Å². The van der Waals surface area contributed by atoms with E-state index in [1.807, 2.05) is 24.3 Å². The molecule has 5 rings (SSSR count). The summed E-state index contributed by atoms with van der Waals surface area (Å²) in [6, 6.07) is 29.2. The quantitative estimate of drug-likeness (QED) is 0.651. The Bertz CT molecular complexity index is 975. The van der Waals surface area contributed by atoms with E-state index in [1.54, 1.807) is 0 Å². The van der Waals surface area contributed by atoms with Gasteiger partial charge in [-0.15, -0.1) is 0 Å². The Morgan fingerprint density at radius 2 is 1.70 bits per heavy atom. The van der Waals surface area contributed by atoms with E-state index in [9.17, 15) is 0 Å². The fourth-order valence-corrected chi connectivity index (χ4v) is 5.07. The fourth-order valence-electron chi connectivity index (χ4n) is 5.07. The minimum Gasteiger partial charge on any atom is -0.488 e. The first-order valence-electron chi connectivity index (χ1n) is 10.9. The standard InChI is InChI=1S/C27H29N2O/c1-29-17-15-27(16-18-29)24-9-5-6-10-25(24)28-26(27)19-21-11-13-22(14-12-21)20-30-23-7-3-2-4-8-23/h2-7,9-14,26,28H,15-20H2,1H3. The molecule has 1 N–H and O–H groups in total. The number of benzene rings is 3. The molecule has 3 heteroatoms. The summed E-state index contributed by atoms with van der Waals surface area (Å²) < 4.78 is 5.84. The van der Waals surface area contributed by atoms with Crippen LogP contribution in [-0.4, -0.2) is 31.1 Å². The molecule has 3 aromatic rings. The van der Waals surface area contributed by atoms with E-state index in [2.05, 4.69) is 71.9 Å². The van der Waals surface area contributed by atoms with Gasteiger partial charge in [-0.2, -0.15) is 0 Å². The Kier molecular flexibility index (Phi) is 5.22. The lowest BCUT2D eigenvalue weighted by Gasteiger charge is -2.42. The fraction of sp³-hybridized carbons (Fsp3) is 0.333. The van der Waals surface area contributed by atoms with Gasteiger partial charge in [-0.1, -0.05) is 60.7 Å². The highest BCUT2D eigenvalue weighted by molar-refractivity contribution is 5.62. The third kappa shape index (κ3) is 3.70. The number of anilines is 1. The third-order valence-corrected chi connectivity index (χ3v) is 6.88. The summed E-state index contributed by atoms with van der Waals surface area (Å²) in [5.41, 5.74) is 5.67. The number of hydrogen-bond donors (Lipinski definition) is 1. The van der Waals surface area contributed by atoms with Gasteiger partial charge in [0.05, 0.1) is 0 Å². The van der Waals surface area contributed by atoms with Crippen LogP contribution in [0.1, 0.15) is 29.5 Å². The van der Waals surface area contributed by atoms with E-state index in [0.29, 0.717) is 12.6 Å². The number of rotatable bonds is 5. The van der Waals surface area contributed by atoms with Crippen LogP contribution >= 0.6 is 0 Å². The molecule has 0 aromatic heterocycles. The predicted molar refractivity (Wildman–Crippen MR) is 122 cm³/mol. The molecule has 1 unspecified atom stereocenters. The Balaban J connectivity index is 1.30. The van der Waals surface area contributed by atoms with Crippen molar-refractivity contribution in [2.24, 2.45) is 0 Å². The number of hydrogen-bond acceptors (Lipinski definition) is 3. The van der Waals surface area contributed by atoms with Crippen molar-refractivity contribution in [1.82, 2.24) is 4.90 Å². The van der Waals surface area contributed by atoms with Crippen molar-refractivity contribution >= 4 is 5.69 Å². The summed E-state index contributed by atoms with van der Waals surface area (Å²) >= 11 is 0. The van der Waals surface area contributed by atoms with Gasteiger partial charge in [-0.25, -0.2) is 0 Å². The number of fused-ring (bicyclic) bond motifs is 2. The van der Waals surface area contributed by atoms with Crippen LogP contribution in [0.15, 0.2) is 72.8 Å². The maximum absolute atomic E-state index is 5.84. The second-order valence-corrected chi connectivity index (χ2v) is 8.74. The molecule has 3 nitrogen and oxygen atoms in total. The second-order valence-electron chi connectivity index (χ2n) is 8.74. The average Bonchev–Trinajstić information content (AvgIpc) is 3.09. The highest BCUT2D eigenvalue weighted by atomic mass is 16.5. The maximum Gasteiger partial charge on any atom is 0.127 e. The molecule has 2 heterocycles. The van der Waals surface area contributed by atoms with Crippen LogP contribution < -0.4 is 10.1 Å². The molecule has 2 aliphatic heterocycles. The van der Waals surface area contributed by atoms with Gasteiger partial charge in [0.25, 0.3) is 0 Å². The number of para-hydroxylation sites is 2. The predicted octanol–water partition coefficient (Wildman–Crippen LogP) is 5.07. The molecular formula is C27H29N2O. The van der Waals surface area contributed by atoms with Gasteiger partial charge in [-0.05, 0) is 68.2 Å². The molecule has 3 aromatic carbocycles. The van der Waals surface area contributed by atoms with E-state index in [1.165, 1.54) is 48.3 Å². The minimum absolute atomic E-state index is 0.244. The van der Waals surface area contributed by atoms with Crippen molar-refractivity contribution in [1.29, 1.82) is 0 Å². The third-order valence-electron chi connectivity index (χ3n) is 6.88. The summed E-state index contributed by atoms with van der Waals surface area (Å²) in [4.78, 5) is 2.46. The van der Waals surface area contributed by atoms with Crippen LogP contribution in [0.3, 0.4) is 0 Å². The summed E-state index contributed by atoms with van der Waals surface area (Å²) in [6.45, 7) is 2.91. The van der Waals surface area contributed by atoms with Crippen LogP contribution in [0, 0.1) is 6.07 Å². The summed E-state index contributed by atoms with van der Waals surface area (Å²) in [7, 11) is 2.24. The molecule has 1 saturated heterocycles. The van der Waals surface area contributed by atoms with Crippen molar-refractivity contribution in [2.75, 3.05) is 25.5 Å². The second kappa shape index (κ2) is 8.16. The Morgan fingerprint density at radius 1 is 0.967 bits per heavy atom. The molecule has 1 radical (unpaired) electrons. The molecule has 153 valence electrons. The Morgan fingerprint density at radius 3 is 2.47 bits per heavy atom. The molecule has 1 atom stereocenters. The largest absolute Gasteiger partial charge is 0.488 e. The first kappa shape index (κ1) is 19.2. The SMILES string of the molecule is CN1CCC2(CC1)c1ccccc1NC2Cc1ccc(COc2[c]cccc2)cc1. The van der Waals surface area contributed by atoms with Crippen LogP contribution in [-0.2, 0) is 18.4 Å². The molecule has 2 aliphatic rings. The number of nitrogens with one attached hydrogen (secondary N) is 1. The first-order valence-corrected chi connectivity index (χ1v) is 10.9. The highest BCUT2D eigenvalue weighted by Crippen LogP contribution is 2.48. The molecule has 1 fully saturated rings. The Labute approximate surface area is 179 Å². The lowest BCUT2D eigenvalue weighted by Crippen LogP contribution is -2.48. The lowest BCUT2D eigenvalue weighted by molar-refractivity contribution is 0.175. The molecule has 1 spiro atoms. The van der Waals surface area contributed by atoms with Gasteiger partial charge in [0.1, 0.15) is 12.4 Å². The van der Waals surface area contributed by atoms with Crippen LogP contribution in [0.25, 0.3) is 0 Å². The monoisotopic (exact) mass is 397 g/mol. The summed E-state index contributed by atoms with van der Waals surface area (Å²) in [6.07, 6.45) is 3.49. The average molecular weight is 398 g/mol. The maximum atomic E-state index is 5.84. The molecule has 0 saturated carbocycles. The van der Waals surface area contributed by atoms with E-state index in [-0.39, 0.29) is 5.41 Å². The first-order chi connectivity index (χ1) is 14.7. The summed E-state index contributed by atoms with van der Waals surface area (Å²) in [5, 5.41) is 3.87. The Hall–Kier alpha value is -2.78. The zero-order valence-corrected chi connectivity index (χ0v) is 17.6. The van der Waals surface area contributed by atoms with Crippen molar-refractivity contribution in [3.8, 4) is 5.75 Å². The zero-order chi connectivity index (χ0) is 20.4. The molecule has 0 aliphatic carbocycles. The number of piperidine rings is 1. The minimum atomic E-state index is 0.244. The normalized spacial score (nSPS) is 20.0. The van der Waals surface area contributed by atoms with Gasteiger partial charge in [0, 0.05) is 23.2 Å². The van der Waals surface area contributed by atoms with Gasteiger partial charge >= 0.3 is 0 Å². The molecule has 0 bridgehead atoms. The van der Waals surface area contributed by atoms with Crippen molar-refractivity contribution in [3.05, 3.63) is 95.6 Å². The van der Waals surface area contributed by atoms with Crippen molar-refractivity contribution in [2.45, 2.75) is 37.3 Å². The number of likely N-dealkylation sites (tertiary alicyclic amines) is 1. The van der Waals surface area contributed by atoms with Gasteiger partial charge in [0.15, 0.2) is 0 Å². The number of nitrogens with zero attached hydrogens (tertiary/aromatic N) is 1. The highest BCUT2D eigenvalue weighted by Gasteiger charge is 2.47. The van der Waals surface area contributed by atoms with Crippen LogP contribution in [0.5, 0.6) is 5.75 Å². The molecular weight excluding hydrogens is 368 g/mol. The van der Waals surface area contributed by atoms with E-state index < -0.39 is 0 Å². The van der Waals surface area contributed by atoms with Gasteiger partial charge in [-0.3, -0.25) is 0 Å².